The number of unbranched alkanes of at least 4 members (excludes halogenated alkanes) is 2. The van der Waals surface area contributed by atoms with Gasteiger partial charge in [0, 0.05) is 25.9 Å². The molecule has 37 heavy (non-hydrogen) atoms. The van der Waals surface area contributed by atoms with Crippen molar-refractivity contribution in [2.75, 3.05) is 10.2 Å². The quantitative estimate of drug-likeness (QED) is 0.0975. The molecule has 11 heteroatoms. The molecule has 0 bridgehead atoms. The third-order valence-corrected chi connectivity index (χ3v) is 8.39. The largest absolute Gasteiger partial charge is 0.534 e. The van der Waals surface area contributed by atoms with Gasteiger partial charge >= 0.3 is 6.16 Å². The lowest BCUT2D eigenvalue weighted by Crippen LogP contribution is -2.39. The van der Waals surface area contributed by atoms with E-state index in [1.165, 1.54) is 4.31 Å². The molecule has 0 N–H and O–H groups in total. The van der Waals surface area contributed by atoms with Crippen LogP contribution in [-0.2, 0) is 42.3 Å². The maximum Gasteiger partial charge on any atom is 0.534 e. The van der Waals surface area contributed by atoms with Crippen LogP contribution in [0.15, 0.2) is 60.7 Å². The standard InChI is InChI=1S/C26H31IN2O7S/c27-17-9-3-8-14-23(35-26(32)36-29-24(30)15-16-25(29)31)20-37(33,34)28(18-21-10-4-1-5-11-21)19-22-12-6-2-7-13-22/h1-2,4-7,10-13,23H,3,8-9,14-20H2. The van der Waals surface area contributed by atoms with E-state index in [9.17, 15) is 22.8 Å². The van der Waals surface area contributed by atoms with Gasteiger partial charge < -0.3 is 4.74 Å². The van der Waals surface area contributed by atoms with E-state index in [2.05, 4.69) is 22.6 Å². The Hall–Kier alpha value is -2.51. The van der Waals surface area contributed by atoms with Crippen LogP contribution in [0.5, 0.6) is 0 Å². The first-order valence-electron chi connectivity index (χ1n) is 12.1. The smallest absolute Gasteiger partial charge is 0.428 e. The molecule has 1 atom stereocenters. The van der Waals surface area contributed by atoms with E-state index in [0.29, 0.717) is 17.9 Å². The molecule has 1 aliphatic heterocycles. The fraction of sp³-hybridized carbons (Fsp3) is 0.423. The first-order valence-corrected chi connectivity index (χ1v) is 15.3. The Morgan fingerprint density at radius 3 is 1.95 bits per heavy atom. The fourth-order valence-corrected chi connectivity index (χ4v) is 6.02. The van der Waals surface area contributed by atoms with Gasteiger partial charge in [-0.3, -0.25) is 14.4 Å². The van der Waals surface area contributed by atoms with Crippen LogP contribution in [0.4, 0.5) is 4.79 Å². The van der Waals surface area contributed by atoms with Crippen molar-refractivity contribution < 1.29 is 32.4 Å². The van der Waals surface area contributed by atoms with Crippen LogP contribution in [0.3, 0.4) is 0 Å². The van der Waals surface area contributed by atoms with Gasteiger partial charge in [-0.1, -0.05) is 94.7 Å². The Bertz CT molecular complexity index is 1090. The van der Waals surface area contributed by atoms with Crippen molar-refractivity contribution >= 4 is 50.6 Å². The van der Waals surface area contributed by atoms with Crippen LogP contribution in [0.2, 0.25) is 0 Å². The lowest BCUT2D eigenvalue weighted by molar-refractivity contribution is -0.178. The number of hydroxylamine groups is 2. The van der Waals surface area contributed by atoms with Crippen LogP contribution in [0.1, 0.15) is 49.7 Å². The zero-order chi connectivity index (χ0) is 26.7. The van der Waals surface area contributed by atoms with Crippen molar-refractivity contribution in [1.82, 2.24) is 9.37 Å². The number of sulfonamides is 1. The van der Waals surface area contributed by atoms with Gasteiger partial charge in [0.2, 0.25) is 10.0 Å². The monoisotopic (exact) mass is 642 g/mol. The van der Waals surface area contributed by atoms with Crippen LogP contribution in [0, 0.1) is 0 Å². The number of nitrogens with zero attached hydrogens (tertiary/aromatic N) is 2. The third kappa shape index (κ3) is 9.38. The van der Waals surface area contributed by atoms with Crippen LogP contribution >= 0.6 is 22.6 Å². The molecule has 2 amide bonds. The van der Waals surface area contributed by atoms with Gasteiger partial charge in [-0.15, -0.1) is 0 Å². The van der Waals surface area contributed by atoms with Crippen molar-refractivity contribution in [2.45, 2.75) is 57.7 Å². The van der Waals surface area contributed by atoms with Gasteiger partial charge in [0.05, 0.1) is 0 Å². The summed E-state index contributed by atoms with van der Waals surface area (Å²) in [5.41, 5.74) is 1.65. The molecule has 1 unspecified atom stereocenters. The summed E-state index contributed by atoms with van der Waals surface area (Å²) in [6, 6.07) is 18.5. The van der Waals surface area contributed by atoms with Gasteiger partial charge in [-0.25, -0.2) is 13.2 Å². The van der Waals surface area contributed by atoms with Crippen LogP contribution in [0.25, 0.3) is 0 Å². The molecule has 1 aliphatic rings. The Balaban J connectivity index is 1.76. The molecule has 0 spiro atoms. The molecule has 0 radical (unpaired) electrons. The number of halogens is 1. The van der Waals surface area contributed by atoms with E-state index in [4.69, 9.17) is 9.57 Å². The third-order valence-electron chi connectivity index (χ3n) is 5.79. The normalized spacial score (nSPS) is 14.7. The number of alkyl halides is 1. The minimum atomic E-state index is -3.90. The van der Waals surface area contributed by atoms with Crippen molar-refractivity contribution in [3.05, 3.63) is 71.8 Å². The predicted octanol–water partition coefficient (Wildman–Crippen LogP) is 4.60. The zero-order valence-electron chi connectivity index (χ0n) is 20.5. The number of carbonyl (C=O) groups excluding carboxylic acids is 3. The molecule has 2 aromatic carbocycles. The molecule has 1 fully saturated rings. The molecule has 1 saturated heterocycles. The number of amides is 2. The molecule has 3 rings (SSSR count). The Morgan fingerprint density at radius 2 is 1.43 bits per heavy atom. The first-order chi connectivity index (χ1) is 17.8. The number of rotatable bonds is 14. The van der Waals surface area contributed by atoms with E-state index in [0.717, 1.165) is 28.4 Å². The molecule has 1 heterocycles. The topological polar surface area (TPSA) is 110 Å². The highest BCUT2D eigenvalue weighted by Gasteiger charge is 2.35. The van der Waals surface area contributed by atoms with Crippen molar-refractivity contribution in [3.63, 3.8) is 0 Å². The SMILES string of the molecule is O=C(OC(CCCCCI)CS(=O)(=O)N(Cc1ccccc1)Cc1ccccc1)ON1C(=O)CCC1=O. The molecule has 200 valence electrons. The van der Waals surface area contributed by atoms with Crippen LogP contribution in [-0.4, -0.2) is 52.0 Å². The second-order valence-corrected chi connectivity index (χ2v) is 11.8. The van der Waals surface area contributed by atoms with E-state index in [1.807, 2.05) is 60.7 Å². The zero-order valence-corrected chi connectivity index (χ0v) is 23.4. The number of benzene rings is 2. The van der Waals surface area contributed by atoms with E-state index >= 15 is 0 Å². The van der Waals surface area contributed by atoms with Crippen molar-refractivity contribution in [3.8, 4) is 0 Å². The predicted molar refractivity (Wildman–Crippen MR) is 146 cm³/mol. The van der Waals surface area contributed by atoms with Gasteiger partial charge in [0.15, 0.2) is 0 Å². The van der Waals surface area contributed by atoms with Crippen molar-refractivity contribution in [2.24, 2.45) is 0 Å². The first kappa shape index (κ1) is 29.1. The number of carbonyl (C=O) groups is 3. The minimum Gasteiger partial charge on any atom is -0.428 e. The van der Waals surface area contributed by atoms with E-state index in [1.54, 1.807) is 0 Å². The summed E-state index contributed by atoms with van der Waals surface area (Å²) in [4.78, 5) is 40.8. The Kier molecular flexibility index (Phi) is 11.3. The van der Waals surface area contributed by atoms with Gasteiger partial charge in [-0.05, 0) is 34.8 Å². The summed E-state index contributed by atoms with van der Waals surface area (Å²) in [5, 5.41) is 0.390. The fourth-order valence-electron chi connectivity index (χ4n) is 3.88. The molecule has 0 aliphatic carbocycles. The second-order valence-electron chi connectivity index (χ2n) is 8.72. The lowest BCUT2D eigenvalue weighted by Gasteiger charge is -2.26. The number of hydrogen-bond donors (Lipinski definition) is 0. The summed E-state index contributed by atoms with van der Waals surface area (Å²) in [6.07, 6.45) is 0.382. The number of hydrogen-bond acceptors (Lipinski definition) is 7. The average Bonchev–Trinajstić information content (AvgIpc) is 3.19. The average molecular weight is 643 g/mol. The molecular weight excluding hydrogens is 611 g/mol. The summed E-state index contributed by atoms with van der Waals surface area (Å²) in [6.45, 7) is 0.307. The summed E-state index contributed by atoms with van der Waals surface area (Å²) >= 11 is 2.27. The molecule has 2 aromatic rings. The second kappa shape index (κ2) is 14.4. The Labute approximate surface area is 231 Å². The van der Waals surface area contributed by atoms with Gasteiger partial charge in [0.1, 0.15) is 11.9 Å². The van der Waals surface area contributed by atoms with Gasteiger partial charge in [0.25, 0.3) is 11.8 Å². The summed E-state index contributed by atoms with van der Waals surface area (Å²) < 4.78 is 35.0. The lowest BCUT2D eigenvalue weighted by atomic mass is 10.1. The summed E-state index contributed by atoms with van der Waals surface area (Å²) in [7, 11) is -3.90. The molecule has 0 saturated carbocycles. The highest BCUT2D eigenvalue weighted by Crippen LogP contribution is 2.20. The Morgan fingerprint density at radius 1 is 0.892 bits per heavy atom. The minimum absolute atomic E-state index is 0.0475. The van der Waals surface area contributed by atoms with Crippen molar-refractivity contribution in [1.29, 1.82) is 0 Å². The maximum atomic E-state index is 13.6. The molecular formula is C26H31IN2O7S. The summed E-state index contributed by atoms with van der Waals surface area (Å²) in [5.74, 6) is -1.72. The van der Waals surface area contributed by atoms with E-state index in [-0.39, 0.29) is 25.9 Å². The van der Waals surface area contributed by atoms with Gasteiger partial charge in [-0.2, -0.15) is 4.31 Å². The number of ether oxygens (including phenoxy) is 1. The highest BCUT2D eigenvalue weighted by molar-refractivity contribution is 14.1. The number of imide groups is 1. The highest BCUT2D eigenvalue weighted by atomic mass is 127. The van der Waals surface area contributed by atoms with Crippen LogP contribution < -0.4 is 0 Å². The van der Waals surface area contributed by atoms with E-state index < -0.39 is 39.8 Å². The maximum absolute atomic E-state index is 13.6. The molecule has 0 aromatic heterocycles. The molecule has 9 nitrogen and oxygen atoms in total.